The van der Waals surface area contributed by atoms with Crippen molar-refractivity contribution in [2.24, 2.45) is 5.73 Å². The molecule has 0 saturated heterocycles. The molecular weight excluding hydrogens is 232 g/mol. The molecule has 6 heteroatoms. The van der Waals surface area contributed by atoms with Crippen LogP contribution in [0.1, 0.15) is 26.0 Å². The fourth-order valence-corrected chi connectivity index (χ4v) is 1.64. The van der Waals surface area contributed by atoms with Crippen LogP contribution in [0.5, 0.6) is 0 Å². The SMILES string of the molecule is COCCNC(=O)CCn1cncc1C(C)(C)N. The summed E-state index contributed by atoms with van der Waals surface area (Å²) >= 11 is 0. The standard InChI is InChI=1S/C12H22N4O2/c1-12(2,13)10-8-14-9-16(10)6-4-11(17)15-5-7-18-3/h8-9H,4-7,13H2,1-3H3,(H,15,17). The van der Waals surface area contributed by atoms with Gasteiger partial charge >= 0.3 is 0 Å². The number of nitrogens with zero attached hydrogens (tertiary/aromatic N) is 2. The van der Waals surface area contributed by atoms with E-state index in [-0.39, 0.29) is 5.91 Å². The molecule has 0 unspecified atom stereocenters. The van der Waals surface area contributed by atoms with Gasteiger partial charge in [-0.25, -0.2) is 4.98 Å². The lowest BCUT2D eigenvalue weighted by atomic mass is 10.0. The number of carbonyl (C=O) groups is 1. The quantitative estimate of drug-likeness (QED) is 0.682. The van der Waals surface area contributed by atoms with E-state index in [2.05, 4.69) is 10.3 Å². The van der Waals surface area contributed by atoms with Crippen LogP contribution in [0.15, 0.2) is 12.5 Å². The molecule has 18 heavy (non-hydrogen) atoms. The second-order valence-corrected chi connectivity index (χ2v) is 4.79. The van der Waals surface area contributed by atoms with Gasteiger partial charge in [0, 0.05) is 32.8 Å². The Balaban J connectivity index is 2.44. The molecule has 1 rings (SSSR count). The van der Waals surface area contributed by atoms with Gasteiger partial charge in [-0.1, -0.05) is 0 Å². The Morgan fingerprint density at radius 2 is 2.33 bits per heavy atom. The first-order valence-electron chi connectivity index (χ1n) is 6.00. The van der Waals surface area contributed by atoms with Crippen molar-refractivity contribution in [2.75, 3.05) is 20.3 Å². The summed E-state index contributed by atoms with van der Waals surface area (Å²) in [4.78, 5) is 15.6. The van der Waals surface area contributed by atoms with E-state index in [0.29, 0.717) is 26.1 Å². The highest BCUT2D eigenvalue weighted by Gasteiger charge is 2.19. The molecule has 102 valence electrons. The Morgan fingerprint density at radius 1 is 1.61 bits per heavy atom. The number of ether oxygens (including phenoxy) is 1. The number of methoxy groups -OCH3 is 1. The molecule has 0 fully saturated rings. The van der Waals surface area contributed by atoms with Gasteiger partial charge in [0.25, 0.3) is 0 Å². The number of hydrogen-bond acceptors (Lipinski definition) is 4. The molecule has 1 heterocycles. The molecule has 0 spiro atoms. The Kier molecular flexibility index (Phi) is 5.30. The maximum Gasteiger partial charge on any atom is 0.221 e. The molecule has 0 aliphatic rings. The molecule has 1 aromatic rings. The Bertz CT molecular complexity index is 382. The summed E-state index contributed by atoms with van der Waals surface area (Å²) in [5.41, 5.74) is 6.50. The predicted octanol–water partition coefficient (Wildman–Crippen LogP) is 0.230. The number of hydrogen-bond donors (Lipinski definition) is 2. The van der Waals surface area contributed by atoms with E-state index in [0.717, 1.165) is 5.69 Å². The Labute approximate surface area is 108 Å². The number of rotatable bonds is 7. The third-order valence-electron chi connectivity index (χ3n) is 2.58. The van der Waals surface area contributed by atoms with E-state index in [9.17, 15) is 4.79 Å². The maximum atomic E-state index is 11.5. The molecule has 0 aliphatic carbocycles. The highest BCUT2D eigenvalue weighted by molar-refractivity contribution is 5.75. The molecule has 0 bridgehead atoms. The monoisotopic (exact) mass is 254 g/mol. The Hall–Kier alpha value is -1.40. The first kappa shape index (κ1) is 14.7. The number of amides is 1. The summed E-state index contributed by atoms with van der Waals surface area (Å²) in [5.74, 6) is 0.00141. The lowest BCUT2D eigenvalue weighted by Crippen LogP contribution is -2.32. The minimum absolute atomic E-state index is 0.00141. The molecule has 0 atom stereocenters. The van der Waals surface area contributed by atoms with Gasteiger partial charge in [-0.2, -0.15) is 0 Å². The molecule has 0 radical (unpaired) electrons. The third kappa shape index (κ3) is 4.46. The zero-order valence-electron chi connectivity index (χ0n) is 11.3. The van der Waals surface area contributed by atoms with E-state index in [1.54, 1.807) is 19.6 Å². The lowest BCUT2D eigenvalue weighted by Gasteiger charge is -2.20. The van der Waals surface area contributed by atoms with Crippen LogP contribution in [-0.4, -0.2) is 35.7 Å². The number of nitrogens with one attached hydrogen (secondary N) is 1. The predicted molar refractivity (Wildman–Crippen MR) is 68.9 cm³/mol. The largest absolute Gasteiger partial charge is 0.383 e. The summed E-state index contributed by atoms with van der Waals surface area (Å²) < 4.78 is 6.77. The van der Waals surface area contributed by atoms with Crippen molar-refractivity contribution >= 4 is 5.91 Å². The molecule has 0 saturated carbocycles. The number of aromatic nitrogens is 2. The second-order valence-electron chi connectivity index (χ2n) is 4.79. The van der Waals surface area contributed by atoms with Crippen LogP contribution in [0.25, 0.3) is 0 Å². The van der Waals surface area contributed by atoms with Crippen LogP contribution in [0.3, 0.4) is 0 Å². The zero-order chi connectivity index (χ0) is 13.6. The van der Waals surface area contributed by atoms with Gasteiger partial charge in [-0.3, -0.25) is 4.79 Å². The maximum absolute atomic E-state index is 11.5. The molecule has 6 nitrogen and oxygen atoms in total. The van der Waals surface area contributed by atoms with E-state index < -0.39 is 5.54 Å². The van der Waals surface area contributed by atoms with Gasteiger partial charge in [0.1, 0.15) is 0 Å². The average Bonchev–Trinajstić information content (AvgIpc) is 2.74. The molecule has 3 N–H and O–H groups in total. The van der Waals surface area contributed by atoms with Gasteiger partial charge in [0.2, 0.25) is 5.91 Å². The summed E-state index contributed by atoms with van der Waals surface area (Å²) in [7, 11) is 1.60. The second kappa shape index (κ2) is 6.51. The lowest BCUT2D eigenvalue weighted by molar-refractivity contribution is -0.121. The average molecular weight is 254 g/mol. The van der Waals surface area contributed by atoms with Crippen LogP contribution in [0.2, 0.25) is 0 Å². The number of aryl methyl sites for hydroxylation is 1. The van der Waals surface area contributed by atoms with E-state index in [1.807, 2.05) is 18.4 Å². The number of carbonyl (C=O) groups excluding carboxylic acids is 1. The summed E-state index contributed by atoms with van der Waals surface area (Å²) in [6.45, 7) is 5.47. The minimum Gasteiger partial charge on any atom is -0.383 e. The van der Waals surface area contributed by atoms with Crippen molar-refractivity contribution in [2.45, 2.75) is 32.4 Å². The summed E-state index contributed by atoms with van der Waals surface area (Å²) in [6, 6.07) is 0. The van der Waals surface area contributed by atoms with Crippen molar-refractivity contribution < 1.29 is 9.53 Å². The van der Waals surface area contributed by atoms with Crippen LogP contribution < -0.4 is 11.1 Å². The normalized spacial score (nSPS) is 11.6. The first-order valence-corrected chi connectivity index (χ1v) is 6.00. The third-order valence-corrected chi connectivity index (χ3v) is 2.58. The van der Waals surface area contributed by atoms with Crippen molar-refractivity contribution in [1.82, 2.24) is 14.9 Å². The van der Waals surface area contributed by atoms with Crippen molar-refractivity contribution in [1.29, 1.82) is 0 Å². The van der Waals surface area contributed by atoms with Gasteiger partial charge in [-0.05, 0) is 13.8 Å². The smallest absolute Gasteiger partial charge is 0.221 e. The van der Waals surface area contributed by atoms with Crippen molar-refractivity contribution in [3.05, 3.63) is 18.2 Å². The van der Waals surface area contributed by atoms with Gasteiger partial charge in [0.15, 0.2) is 0 Å². The fourth-order valence-electron chi connectivity index (χ4n) is 1.64. The summed E-state index contributed by atoms with van der Waals surface area (Å²) in [6.07, 6.45) is 3.85. The van der Waals surface area contributed by atoms with E-state index >= 15 is 0 Å². The number of nitrogens with two attached hydrogens (primary N) is 1. The molecule has 1 amide bonds. The topological polar surface area (TPSA) is 82.2 Å². The van der Waals surface area contributed by atoms with Gasteiger partial charge in [-0.15, -0.1) is 0 Å². The first-order chi connectivity index (χ1) is 8.45. The van der Waals surface area contributed by atoms with Gasteiger partial charge < -0.3 is 20.4 Å². The van der Waals surface area contributed by atoms with Gasteiger partial charge in [0.05, 0.1) is 24.2 Å². The molecule has 0 aromatic carbocycles. The number of imidazole rings is 1. The van der Waals surface area contributed by atoms with Crippen LogP contribution in [0.4, 0.5) is 0 Å². The molecule has 0 aliphatic heterocycles. The minimum atomic E-state index is -0.455. The molecule has 1 aromatic heterocycles. The van der Waals surface area contributed by atoms with E-state index in [4.69, 9.17) is 10.5 Å². The Morgan fingerprint density at radius 3 is 2.94 bits per heavy atom. The summed E-state index contributed by atoms with van der Waals surface area (Å²) in [5, 5.41) is 2.78. The molecular formula is C12H22N4O2. The van der Waals surface area contributed by atoms with Crippen molar-refractivity contribution in [3.8, 4) is 0 Å². The van der Waals surface area contributed by atoms with Crippen molar-refractivity contribution in [3.63, 3.8) is 0 Å². The zero-order valence-corrected chi connectivity index (χ0v) is 11.3. The van der Waals surface area contributed by atoms with Crippen LogP contribution in [0, 0.1) is 0 Å². The van der Waals surface area contributed by atoms with Crippen LogP contribution in [-0.2, 0) is 21.6 Å². The van der Waals surface area contributed by atoms with Crippen LogP contribution >= 0.6 is 0 Å². The highest BCUT2D eigenvalue weighted by Crippen LogP contribution is 2.16. The highest BCUT2D eigenvalue weighted by atomic mass is 16.5. The van der Waals surface area contributed by atoms with E-state index in [1.165, 1.54) is 0 Å². The fraction of sp³-hybridized carbons (Fsp3) is 0.667.